The molecule has 2 heterocycles. The predicted molar refractivity (Wildman–Crippen MR) is 115 cm³/mol. The van der Waals surface area contributed by atoms with E-state index in [-0.39, 0.29) is 24.1 Å². The lowest BCUT2D eigenvalue weighted by molar-refractivity contribution is -0.123. The molecule has 1 N–H and O–H groups in total. The average molecular weight is 415 g/mol. The van der Waals surface area contributed by atoms with Crippen LogP contribution in [0.1, 0.15) is 43.7 Å². The van der Waals surface area contributed by atoms with Gasteiger partial charge in [0, 0.05) is 24.7 Å². The highest BCUT2D eigenvalue weighted by Gasteiger charge is 2.51. The Morgan fingerprint density at radius 3 is 2.34 bits per heavy atom. The molecule has 1 aliphatic heterocycles. The van der Waals surface area contributed by atoms with Crippen LogP contribution >= 0.6 is 12.6 Å². The molecule has 1 aliphatic rings. The molecular weight excluding hydrogens is 388 g/mol. The molecule has 1 aromatic heterocycles. The fraction of sp³-hybridized carbons (Fsp3) is 0.333. The Hall–Kier alpha value is -2.87. The minimum atomic E-state index is -1.02. The minimum Gasteiger partial charge on any atom is -0.354 e. The Morgan fingerprint density at radius 2 is 1.76 bits per heavy atom. The van der Waals surface area contributed by atoms with E-state index >= 15 is 0 Å². The van der Waals surface area contributed by atoms with Crippen LogP contribution in [0.15, 0.2) is 47.5 Å². The molecular formula is C21H26N4O3S. The first kappa shape index (κ1) is 22.4. The SMILES string of the molecule is CC.CNC(=O)c1cc(CN2C(=O)N(c3ccc(S)cc3)C(=O)C2(C)C)ccn1. The second-order valence-electron chi connectivity index (χ2n) is 6.71. The Balaban J connectivity index is 0.00000145. The highest BCUT2D eigenvalue weighted by molar-refractivity contribution is 7.80. The summed E-state index contributed by atoms with van der Waals surface area (Å²) in [5.74, 6) is -0.617. The van der Waals surface area contributed by atoms with E-state index in [0.29, 0.717) is 11.3 Å². The van der Waals surface area contributed by atoms with Gasteiger partial charge in [-0.2, -0.15) is 0 Å². The Kier molecular flexibility index (Phi) is 7.02. The summed E-state index contributed by atoms with van der Waals surface area (Å²) >= 11 is 4.23. The molecule has 0 radical (unpaired) electrons. The fourth-order valence-corrected chi connectivity index (χ4v) is 3.09. The summed E-state index contributed by atoms with van der Waals surface area (Å²) < 4.78 is 0. The van der Waals surface area contributed by atoms with Gasteiger partial charge in [-0.05, 0) is 55.8 Å². The molecule has 0 bridgehead atoms. The second kappa shape index (κ2) is 9.09. The van der Waals surface area contributed by atoms with Crippen LogP contribution in [0.25, 0.3) is 0 Å². The lowest BCUT2D eigenvalue weighted by Gasteiger charge is -2.27. The van der Waals surface area contributed by atoms with Crippen molar-refractivity contribution < 1.29 is 14.4 Å². The lowest BCUT2D eigenvalue weighted by Crippen LogP contribution is -2.43. The number of carbonyl (C=O) groups excluding carboxylic acids is 3. The van der Waals surface area contributed by atoms with Crippen LogP contribution in [0.3, 0.4) is 0 Å². The third-order valence-electron chi connectivity index (χ3n) is 4.56. The van der Waals surface area contributed by atoms with Crippen LogP contribution in [0.4, 0.5) is 10.5 Å². The number of pyridine rings is 1. The Morgan fingerprint density at radius 1 is 1.14 bits per heavy atom. The first-order valence-corrected chi connectivity index (χ1v) is 9.82. The summed E-state index contributed by atoms with van der Waals surface area (Å²) in [5.41, 5.74) is 0.448. The molecule has 8 heteroatoms. The van der Waals surface area contributed by atoms with Crippen LogP contribution in [0.5, 0.6) is 0 Å². The molecule has 0 atom stereocenters. The van der Waals surface area contributed by atoms with Crippen LogP contribution < -0.4 is 10.2 Å². The van der Waals surface area contributed by atoms with E-state index in [9.17, 15) is 14.4 Å². The number of hydrogen-bond donors (Lipinski definition) is 2. The summed E-state index contributed by atoms with van der Waals surface area (Å²) in [6.45, 7) is 7.60. The van der Waals surface area contributed by atoms with E-state index in [4.69, 9.17) is 0 Å². The zero-order valence-electron chi connectivity index (χ0n) is 17.3. The normalized spacial score (nSPS) is 15.1. The molecule has 0 saturated carbocycles. The van der Waals surface area contributed by atoms with Crippen LogP contribution in [0.2, 0.25) is 0 Å². The zero-order valence-corrected chi connectivity index (χ0v) is 18.2. The van der Waals surface area contributed by atoms with Crippen molar-refractivity contribution >= 4 is 36.2 Å². The van der Waals surface area contributed by atoms with Gasteiger partial charge in [0.1, 0.15) is 11.2 Å². The predicted octanol–water partition coefficient (Wildman–Crippen LogP) is 3.50. The Bertz CT molecular complexity index is 912. The number of thiol groups is 1. The molecule has 1 fully saturated rings. The summed E-state index contributed by atoms with van der Waals surface area (Å²) in [5, 5.41) is 2.52. The summed E-state index contributed by atoms with van der Waals surface area (Å²) in [6, 6.07) is 9.77. The van der Waals surface area contributed by atoms with Crippen molar-refractivity contribution in [1.82, 2.24) is 15.2 Å². The van der Waals surface area contributed by atoms with E-state index in [1.54, 1.807) is 50.2 Å². The second-order valence-corrected chi connectivity index (χ2v) is 7.23. The topological polar surface area (TPSA) is 82.6 Å². The van der Waals surface area contributed by atoms with E-state index < -0.39 is 11.6 Å². The molecule has 154 valence electrons. The number of benzene rings is 1. The number of amides is 4. The summed E-state index contributed by atoms with van der Waals surface area (Å²) in [6.07, 6.45) is 1.51. The minimum absolute atomic E-state index is 0.186. The molecule has 1 aromatic carbocycles. The van der Waals surface area contributed by atoms with Gasteiger partial charge in [0.25, 0.3) is 11.8 Å². The van der Waals surface area contributed by atoms with E-state index in [2.05, 4.69) is 22.9 Å². The third kappa shape index (κ3) is 4.42. The number of imide groups is 1. The van der Waals surface area contributed by atoms with Crippen LogP contribution in [-0.4, -0.2) is 40.3 Å². The molecule has 2 aromatic rings. The van der Waals surface area contributed by atoms with Crippen LogP contribution in [-0.2, 0) is 11.3 Å². The standard InChI is InChI=1S/C19H20N4O3S.C2H6/c1-19(2)17(25)23(13-4-6-14(27)7-5-13)18(26)22(19)11-12-8-9-21-15(10-12)16(24)20-3;1-2/h4-10,27H,11H2,1-3H3,(H,20,24);1-2H3. The number of carbonyl (C=O) groups is 3. The molecule has 1 saturated heterocycles. The van der Waals surface area contributed by atoms with Gasteiger partial charge >= 0.3 is 6.03 Å². The quantitative estimate of drug-likeness (QED) is 0.593. The molecule has 0 spiro atoms. The highest BCUT2D eigenvalue weighted by Crippen LogP contribution is 2.33. The third-order valence-corrected chi connectivity index (χ3v) is 4.85. The van der Waals surface area contributed by atoms with Crippen molar-refractivity contribution in [1.29, 1.82) is 0 Å². The first-order chi connectivity index (χ1) is 13.8. The van der Waals surface area contributed by atoms with Crippen molar-refractivity contribution in [2.24, 2.45) is 0 Å². The number of nitrogens with zero attached hydrogens (tertiary/aromatic N) is 3. The van der Waals surface area contributed by atoms with Crippen LogP contribution in [0, 0.1) is 0 Å². The average Bonchev–Trinajstić information content (AvgIpc) is 2.89. The summed E-state index contributed by atoms with van der Waals surface area (Å²) in [7, 11) is 1.52. The van der Waals surface area contributed by atoms with Gasteiger partial charge in [0.15, 0.2) is 0 Å². The van der Waals surface area contributed by atoms with Gasteiger partial charge < -0.3 is 10.2 Å². The number of aromatic nitrogens is 1. The van der Waals surface area contributed by atoms with Crippen molar-refractivity contribution in [3.8, 4) is 0 Å². The van der Waals surface area contributed by atoms with Crippen molar-refractivity contribution in [3.05, 3.63) is 53.9 Å². The van der Waals surface area contributed by atoms with E-state index in [1.807, 2.05) is 13.8 Å². The lowest BCUT2D eigenvalue weighted by atomic mass is 10.0. The van der Waals surface area contributed by atoms with Gasteiger partial charge in [0.2, 0.25) is 0 Å². The van der Waals surface area contributed by atoms with E-state index in [0.717, 1.165) is 4.90 Å². The van der Waals surface area contributed by atoms with Gasteiger partial charge in [-0.15, -0.1) is 12.6 Å². The molecule has 0 aliphatic carbocycles. The van der Waals surface area contributed by atoms with E-state index in [1.165, 1.54) is 23.0 Å². The maximum atomic E-state index is 13.0. The highest BCUT2D eigenvalue weighted by atomic mass is 32.1. The fourth-order valence-electron chi connectivity index (χ4n) is 2.94. The number of hydrogen-bond acceptors (Lipinski definition) is 5. The number of rotatable bonds is 4. The molecule has 3 rings (SSSR count). The molecule has 29 heavy (non-hydrogen) atoms. The number of urea groups is 1. The van der Waals surface area contributed by atoms with Crippen molar-refractivity contribution in [3.63, 3.8) is 0 Å². The molecule has 4 amide bonds. The number of anilines is 1. The monoisotopic (exact) mass is 414 g/mol. The first-order valence-electron chi connectivity index (χ1n) is 9.38. The largest absolute Gasteiger partial charge is 0.354 e. The zero-order chi connectivity index (χ0) is 21.8. The number of nitrogens with one attached hydrogen (secondary N) is 1. The van der Waals surface area contributed by atoms with Crippen molar-refractivity contribution in [2.75, 3.05) is 11.9 Å². The molecule has 7 nitrogen and oxygen atoms in total. The van der Waals surface area contributed by atoms with Gasteiger partial charge in [-0.25, -0.2) is 9.69 Å². The maximum Gasteiger partial charge on any atom is 0.332 e. The van der Waals surface area contributed by atoms with Crippen molar-refractivity contribution in [2.45, 2.75) is 44.7 Å². The molecule has 0 unspecified atom stereocenters. The Labute approximate surface area is 176 Å². The van der Waals surface area contributed by atoms with Gasteiger partial charge in [-0.1, -0.05) is 13.8 Å². The maximum absolute atomic E-state index is 13.0. The smallest absolute Gasteiger partial charge is 0.332 e. The van der Waals surface area contributed by atoms with Gasteiger partial charge in [0.05, 0.1) is 5.69 Å². The van der Waals surface area contributed by atoms with Gasteiger partial charge in [-0.3, -0.25) is 14.6 Å². The summed E-state index contributed by atoms with van der Waals surface area (Å²) in [4.78, 5) is 45.2.